The number of hydrogen-bond acceptors (Lipinski definition) is 4. The van der Waals surface area contributed by atoms with Gasteiger partial charge in [-0.25, -0.2) is 13.4 Å². The van der Waals surface area contributed by atoms with Crippen LogP contribution in [0.5, 0.6) is 0 Å². The molecule has 14 heavy (non-hydrogen) atoms. The van der Waals surface area contributed by atoms with Gasteiger partial charge in [-0.2, -0.15) is 0 Å². The molecular formula is C8H15N3O2S. The van der Waals surface area contributed by atoms with Gasteiger partial charge < -0.3 is 10.3 Å². The number of aryl methyl sites for hydroxylation is 1. The molecule has 0 aromatic carbocycles. The maximum absolute atomic E-state index is 11.8. The minimum Gasteiger partial charge on any atom is -0.381 e. The van der Waals surface area contributed by atoms with Crippen molar-refractivity contribution in [3.8, 4) is 0 Å². The number of unbranched alkanes of at least 4 members (excludes halogenated alkanes) is 1. The summed E-state index contributed by atoms with van der Waals surface area (Å²) in [6, 6.07) is 0. The first kappa shape index (κ1) is 11.0. The molecule has 80 valence electrons. The maximum atomic E-state index is 11.8. The van der Waals surface area contributed by atoms with Crippen LogP contribution in [-0.4, -0.2) is 23.7 Å². The number of anilines is 1. The Hall–Kier alpha value is -1.04. The molecule has 1 heterocycles. The molecule has 2 N–H and O–H groups in total. The van der Waals surface area contributed by atoms with Crippen molar-refractivity contribution in [2.45, 2.75) is 24.8 Å². The first-order chi connectivity index (χ1) is 6.49. The Labute approximate surface area is 83.9 Å². The Morgan fingerprint density at radius 3 is 2.64 bits per heavy atom. The zero-order valence-electron chi connectivity index (χ0n) is 8.40. The highest BCUT2D eigenvalue weighted by atomic mass is 32.2. The molecule has 1 aromatic rings. The standard InChI is InChI=1S/C8H15N3O2S/c1-3-4-5-14(12,13)8-7(9)10-6-11(8)2/h6H,3-5,9H2,1-2H3. The van der Waals surface area contributed by atoms with Gasteiger partial charge in [0.05, 0.1) is 12.1 Å². The van der Waals surface area contributed by atoms with Crippen LogP contribution < -0.4 is 5.73 Å². The average molecular weight is 217 g/mol. The predicted octanol–water partition coefficient (Wildman–Crippen LogP) is 0.576. The van der Waals surface area contributed by atoms with Crippen molar-refractivity contribution >= 4 is 15.7 Å². The summed E-state index contributed by atoms with van der Waals surface area (Å²) in [5.41, 5.74) is 5.49. The van der Waals surface area contributed by atoms with Crippen LogP contribution in [0, 0.1) is 0 Å². The number of imidazole rings is 1. The van der Waals surface area contributed by atoms with Gasteiger partial charge in [-0.1, -0.05) is 13.3 Å². The van der Waals surface area contributed by atoms with Crippen molar-refractivity contribution in [1.82, 2.24) is 9.55 Å². The van der Waals surface area contributed by atoms with Crippen LogP contribution in [0.2, 0.25) is 0 Å². The minimum atomic E-state index is -3.26. The first-order valence-corrected chi connectivity index (χ1v) is 6.14. The van der Waals surface area contributed by atoms with Crippen LogP contribution >= 0.6 is 0 Å². The summed E-state index contributed by atoms with van der Waals surface area (Å²) in [5, 5.41) is 0.131. The van der Waals surface area contributed by atoms with Gasteiger partial charge in [0.1, 0.15) is 0 Å². The zero-order chi connectivity index (χ0) is 10.8. The molecule has 0 radical (unpaired) electrons. The molecule has 0 saturated heterocycles. The molecule has 0 atom stereocenters. The molecule has 0 spiro atoms. The SMILES string of the molecule is CCCCS(=O)(=O)c1c(N)ncn1C. The van der Waals surface area contributed by atoms with E-state index in [2.05, 4.69) is 4.98 Å². The third-order valence-electron chi connectivity index (χ3n) is 1.97. The van der Waals surface area contributed by atoms with E-state index in [0.717, 1.165) is 6.42 Å². The van der Waals surface area contributed by atoms with Crippen molar-refractivity contribution in [3.63, 3.8) is 0 Å². The Balaban J connectivity index is 3.04. The average Bonchev–Trinajstić information content (AvgIpc) is 2.43. The topological polar surface area (TPSA) is 78.0 Å². The van der Waals surface area contributed by atoms with Crippen LogP contribution in [0.15, 0.2) is 11.4 Å². The number of sulfone groups is 1. The fraction of sp³-hybridized carbons (Fsp3) is 0.625. The van der Waals surface area contributed by atoms with E-state index in [1.165, 1.54) is 10.9 Å². The summed E-state index contributed by atoms with van der Waals surface area (Å²) in [5.74, 6) is 0.219. The van der Waals surface area contributed by atoms with Crippen LogP contribution in [0.4, 0.5) is 5.82 Å². The summed E-state index contributed by atoms with van der Waals surface area (Å²) < 4.78 is 25.0. The molecule has 1 rings (SSSR count). The largest absolute Gasteiger partial charge is 0.381 e. The molecule has 0 fully saturated rings. The molecular weight excluding hydrogens is 202 g/mol. The van der Waals surface area contributed by atoms with E-state index in [9.17, 15) is 8.42 Å². The Bertz CT molecular complexity index is 389. The van der Waals surface area contributed by atoms with Gasteiger partial charge in [0, 0.05) is 7.05 Å². The Kier molecular flexibility index (Phi) is 3.15. The monoisotopic (exact) mass is 217 g/mol. The third kappa shape index (κ3) is 2.06. The van der Waals surface area contributed by atoms with Crippen molar-refractivity contribution in [2.24, 2.45) is 7.05 Å². The molecule has 0 aliphatic rings. The molecule has 6 heteroatoms. The lowest BCUT2D eigenvalue weighted by atomic mass is 10.4. The molecule has 0 unspecified atom stereocenters. The second kappa shape index (κ2) is 4.00. The fourth-order valence-electron chi connectivity index (χ4n) is 1.25. The number of aromatic nitrogens is 2. The smallest absolute Gasteiger partial charge is 0.197 e. The van der Waals surface area contributed by atoms with Crippen molar-refractivity contribution in [1.29, 1.82) is 0 Å². The summed E-state index contributed by atoms with van der Waals surface area (Å²) in [4.78, 5) is 3.75. The van der Waals surface area contributed by atoms with Crippen molar-refractivity contribution in [2.75, 3.05) is 11.5 Å². The van der Waals surface area contributed by atoms with E-state index in [1.807, 2.05) is 6.92 Å². The summed E-state index contributed by atoms with van der Waals surface area (Å²) >= 11 is 0. The molecule has 0 aliphatic carbocycles. The summed E-state index contributed by atoms with van der Waals surface area (Å²) in [6.07, 6.45) is 2.90. The van der Waals surface area contributed by atoms with Crippen LogP contribution in [0.1, 0.15) is 19.8 Å². The van der Waals surface area contributed by atoms with Gasteiger partial charge in [-0.3, -0.25) is 0 Å². The molecule has 0 amide bonds. The number of rotatable bonds is 4. The quantitative estimate of drug-likeness (QED) is 0.800. The second-order valence-corrected chi connectivity index (χ2v) is 5.24. The lowest BCUT2D eigenvalue weighted by molar-refractivity contribution is 0.583. The van der Waals surface area contributed by atoms with Gasteiger partial charge in [0.25, 0.3) is 0 Å². The highest BCUT2D eigenvalue weighted by Crippen LogP contribution is 2.17. The second-order valence-electron chi connectivity index (χ2n) is 3.22. The molecule has 0 aliphatic heterocycles. The minimum absolute atomic E-state index is 0.0867. The van der Waals surface area contributed by atoms with E-state index >= 15 is 0 Å². The Morgan fingerprint density at radius 2 is 2.21 bits per heavy atom. The molecule has 1 aromatic heterocycles. The van der Waals surface area contributed by atoms with Gasteiger partial charge in [0.15, 0.2) is 20.7 Å². The summed E-state index contributed by atoms with van der Waals surface area (Å²) in [7, 11) is -1.64. The highest BCUT2D eigenvalue weighted by molar-refractivity contribution is 7.91. The molecule has 0 saturated carbocycles. The third-order valence-corrected chi connectivity index (χ3v) is 3.88. The maximum Gasteiger partial charge on any atom is 0.197 e. The number of nitrogens with zero attached hydrogens (tertiary/aromatic N) is 2. The van der Waals surface area contributed by atoms with Gasteiger partial charge in [-0.05, 0) is 6.42 Å². The lowest BCUT2D eigenvalue weighted by Crippen LogP contribution is -2.12. The van der Waals surface area contributed by atoms with Crippen molar-refractivity contribution in [3.05, 3.63) is 6.33 Å². The van der Waals surface area contributed by atoms with Crippen molar-refractivity contribution < 1.29 is 8.42 Å². The Morgan fingerprint density at radius 1 is 1.57 bits per heavy atom. The normalized spacial score (nSPS) is 11.9. The van der Waals surface area contributed by atoms with E-state index in [-0.39, 0.29) is 16.6 Å². The van der Waals surface area contributed by atoms with E-state index in [4.69, 9.17) is 5.73 Å². The molecule has 5 nitrogen and oxygen atoms in total. The number of nitrogen functional groups attached to an aromatic ring is 1. The van der Waals surface area contributed by atoms with Crippen LogP contribution in [0.25, 0.3) is 0 Å². The summed E-state index contributed by atoms with van der Waals surface area (Å²) in [6.45, 7) is 1.95. The van der Waals surface area contributed by atoms with E-state index in [0.29, 0.717) is 6.42 Å². The van der Waals surface area contributed by atoms with Crippen LogP contribution in [-0.2, 0) is 16.9 Å². The predicted molar refractivity (Wildman–Crippen MR) is 54.6 cm³/mol. The highest BCUT2D eigenvalue weighted by Gasteiger charge is 2.21. The van der Waals surface area contributed by atoms with Crippen LogP contribution in [0.3, 0.4) is 0 Å². The van der Waals surface area contributed by atoms with E-state index < -0.39 is 9.84 Å². The van der Waals surface area contributed by atoms with Gasteiger partial charge in [-0.15, -0.1) is 0 Å². The van der Waals surface area contributed by atoms with Gasteiger partial charge in [0.2, 0.25) is 0 Å². The zero-order valence-corrected chi connectivity index (χ0v) is 9.21. The number of nitrogens with two attached hydrogens (primary N) is 1. The lowest BCUT2D eigenvalue weighted by Gasteiger charge is -2.04. The van der Waals surface area contributed by atoms with Gasteiger partial charge >= 0.3 is 0 Å². The fourth-order valence-corrected chi connectivity index (χ4v) is 2.97. The molecule has 0 bridgehead atoms. The number of hydrogen-bond donors (Lipinski definition) is 1. The van der Waals surface area contributed by atoms with E-state index in [1.54, 1.807) is 7.05 Å². The first-order valence-electron chi connectivity index (χ1n) is 4.48.